The van der Waals surface area contributed by atoms with E-state index in [2.05, 4.69) is 39.9 Å². The summed E-state index contributed by atoms with van der Waals surface area (Å²) < 4.78 is 5.45. The number of thiophene rings is 1. The predicted octanol–water partition coefficient (Wildman–Crippen LogP) is 2.59. The van der Waals surface area contributed by atoms with E-state index in [-0.39, 0.29) is 11.9 Å². The number of amides is 1. The van der Waals surface area contributed by atoms with Gasteiger partial charge in [-0.3, -0.25) is 9.69 Å². The molecule has 1 amide bonds. The summed E-state index contributed by atoms with van der Waals surface area (Å²) in [7, 11) is 0. The first-order valence-electron chi connectivity index (χ1n) is 8.11. The van der Waals surface area contributed by atoms with E-state index in [1.54, 1.807) is 11.3 Å². The van der Waals surface area contributed by atoms with Crippen LogP contribution < -0.4 is 5.32 Å². The molecule has 1 aromatic heterocycles. The van der Waals surface area contributed by atoms with Crippen LogP contribution in [-0.4, -0.2) is 43.7 Å². The molecule has 0 radical (unpaired) electrons. The summed E-state index contributed by atoms with van der Waals surface area (Å²) in [6, 6.07) is 4.52. The molecule has 0 bridgehead atoms. The Labute approximate surface area is 136 Å². The molecule has 0 spiro atoms. The van der Waals surface area contributed by atoms with E-state index >= 15 is 0 Å². The molecular weight excluding hydrogens is 296 g/mol. The second kappa shape index (κ2) is 7.90. The molecule has 1 N–H and O–H groups in total. The van der Waals surface area contributed by atoms with Crippen LogP contribution in [0.2, 0.25) is 0 Å². The highest BCUT2D eigenvalue weighted by atomic mass is 32.1. The normalized spacial score (nSPS) is 23.5. The van der Waals surface area contributed by atoms with Gasteiger partial charge in [0.2, 0.25) is 5.91 Å². The smallest absolute Gasteiger partial charge is 0.220 e. The topological polar surface area (TPSA) is 41.6 Å². The molecule has 2 aliphatic rings. The van der Waals surface area contributed by atoms with Crippen LogP contribution in [0.15, 0.2) is 29.7 Å². The molecule has 0 aromatic carbocycles. The van der Waals surface area contributed by atoms with Gasteiger partial charge in [-0.05, 0) is 30.2 Å². The lowest BCUT2D eigenvalue weighted by Gasteiger charge is -2.34. The quantitative estimate of drug-likeness (QED) is 0.819. The Bertz CT molecular complexity index is 495. The Morgan fingerprint density at radius 3 is 3.00 bits per heavy atom. The number of morpholine rings is 1. The number of hydrogen-bond donors (Lipinski definition) is 1. The van der Waals surface area contributed by atoms with E-state index in [1.165, 1.54) is 4.88 Å². The van der Waals surface area contributed by atoms with Crippen molar-refractivity contribution in [2.75, 3.05) is 32.8 Å². The Kier molecular flexibility index (Phi) is 5.64. The molecule has 5 heteroatoms. The first-order valence-corrected chi connectivity index (χ1v) is 8.99. The number of carbonyl (C=O) groups excluding carboxylic acids is 1. The monoisotopic (exact) mass is 320 g/mol. The molecule has 1 aliphatic heterocycles. The van der Waals surface area contributed by atoms with Crippen molar-refractivity contribution in [3.8, 4) is 0 Å². The van der Waals surface area contributed by atoms with E-state index < -0.39 is 0 Å². The van der Waals surface area contributed by atoms with Gasteiger partial charge in [-0.1, -0.05) is 18.2 Å². The maximum atomic E-state index is 12.2. The number of nitrogens with zero attached hydrogens (tertiary/aromatic N) is 1. The molecule has 0 unspecified atom stereocenters. The van der Waals surface area contributed by atoms with Crippen molar-refractivity contribution in [1.29, 1.82) is 0 Å². The largest absolute Gasteiger partial charge is 0.379 e. The van der Waals surface area contributed by atoms with Crippen LogP contribution >= 0.6 is 11.3 Å². The van der Waals surface area contributed by atoms with Crippen LogP contribution in [-0.2, 0) is 9.53 Å². The van der Waals surface area contributed by atoms with Gasteiger partial charge in [-0.2, -0.15) is 0 Å². The third kappa shape index (κ3) is 4.18. The molecule has 1 aliphatic carbocycles. The average Bonchev–Trinajstić information content (AvgIpc) is 3.22. The summed E-state index contributed by atoms with van der Waals surface area (Å²) in [5.41, 5.74) is 0. The zero-order valence-electron chi connectivity index (χ0n) is 12.9. The molecule has 3 rings (SSSR count). The van der Waals surface area contributed by atoms with Gasteiger partial charge in [0.25, 0.3) is 0 Å². The van der Waals surface area contributed by atoms with Gasteiger partial charge in [0.05, 0.1) is 19.3 Å². The first kappa shape index (κ1) is 15.7. The zero-order chi connectivity index (χ0) is 15.2. The number of allylic oxidation sites excluding steroid dienone is 2. The highest BCUT2D eigenvalue weighted by molar-refractivity contribution is 7.10. The second-order valence-corrected chi connectivity index (χ2v) is 6.93. The highest BCUT2D eigenvalue weighted by Gasteiger charge is 2.24. The summed E-state index contributed by atoms with van der Waals surface area (Å²) in [5.74, 6) is 0.606. The predicted molar refractivity (Wildman–Crippen MR) is 88.9 cm³/mol. The van der Waals surface area contributed by atoms with E-state index in [0.29, 0.717) is 18.9 Å². The van der Waals surface area contributed by atoms with Gasteiger partial charge in [0.1, 0.15) is 0 Å². The summed E-state index contributed by atoms with van der Waals surface area (Å²) >= 11 is 1.76. The lowest BCUT2D eigenvalue weighted by Crippen LogP contribution is -2.43. The average molecular weight is 320 g/mol. The lowest BCUT2D eigenvalue weighted by molar-refractivity contribution is -0.122. The third-order valence-corrected chi connectivity index (χ3v) is 5.38. The minimum atomic E-state index is 0.173. The molecule has 1 fully saturated rings. The molecule has 2 heterocycles. The van der Waals surface area contributed by atoms with Gasteiger partial charge in [0, 0.05) is 30.9 Å². The number of carbonyl (C=O) groups is 1. The van der Waals surface area contributed by atoms with Crippen molar-refractivity contribution in [1.82, 2.24) is 10.2 Å². The van der Waals surface area contributed by atoms with Crippen molar-refractivity contribution < 1.29 is 9.53 Å². The SMILES string of the molecule is O=C(C[C@H]1C=CCC1)NC[C@@H](c1cccs1)N1CCOCC1. The Hall–Kier alpha value is -1.17. The Balaban J connectivity index is 1.55. The number of nitrogens with one attached hydrogen (secondary N) is 1. The molecule has 1 saturated heterocycles. The van der Waals surface area contributed by atoms with Gasteiger partial charge < -0.3 is 10.1 Å². The van der Waals surface area contributed by atoms with Crippen LogP contribution in [0, 0.1) is 5.92 Å². The number of rotatable bonds is 6. The van der Waals surface area contributed by atoms with Gasteiger partial charge in [-0.25, -0.2) is 0 Å². The van der Waals surface area contributed by atoms with Crippen molar-refractivity contribution >= 4 is 17.2 Å². The first-order chi connectivity index (χ1) is 10.8. The minimum Gasteiger partial charge on any atom is -0.379 e. The molecule has 0 saturated carbocycles. The molecule has 2 atom stereocenters. The van der Waals surface area contributed by atoms with Crippen LogP contribution in [0.3, 0.4) is 0 Å². The lowest BCUT2D eigenvalue weighted by atomic mass is 10.0. The van der Waals surface area contributed by atoms with Crippen LogP contribution in [0.25, 0.3) is 0 Å². The van der Waals surface area contributed by atoms with Gasteiger partial charge in [0.15, 0.2) is 0 Å². The summed E-state index contributed by atoms with van der Waals surface area (Å²) in [6.07, 6.45) is 7.21. The van der Waals surface area contributed by atoms with Crippen LogP contribution in [0.1, 0.15) is 30.2 Å². The third-order valence-electron chi connectivity index (χ3n) is 4.41. The van der Waals surface area contributed by atoms with E-state index in [0.717, 1.165) is 39.1 Å². The number of ether oxygens (including phenoxy) is 1. The molecular formula is C17H24N2O2S. The minimum absolute atomic E-state index is 0.173. The highest BCUT2D eigenvalue weighted by Crippen LogP contribution is 2.26. The van der Waals surface area contributed by atoms with Crippen LogP contribution in [0.5, 0.6) is 0 Å². The van der Waals surface area contributed by atoms with Crippen molar-refractivity contribution in [3.05, 3.63) is 34.5 Å². The van der Waals surface area contributed by atoms with E-state index in [9.17, 15) is 4.79 Å². The molecule has 120 valence electrons. The fraction of sp³-hybridized carbons (Fsp3) is 0.588. The van der Waals surface area contributed by atoms with Crippen molar-refractivity contribution in [2.45, 2.75) is 25.3 Å². The summed E-state index contributed by atoms with van der Waals surface area (Å²) in [4.78, 5) is 15.9. The van der Waals surface area contributed by atoms with Crippen molar-refractivity contribution in [3.63, 3.8) is 0 Å². The maximum absolute atomic E-state index is 12.2. The Morgan fingerprint density at radius 1 is 1.45 bits per heavy atom. The molecule has 22 heavy (non-hydrogen) atoms. The van der Waals surface area contributed by atoms with E-state index in [1.807, 2.05) is 0 Å². The summed E-state index contributed by atoms with van der Waals surface area (Å²) in [5, 5.41) is 5.25. The zero-order valence-corrected chi connectivity index (χ0v) is 13.7. The van der Waals surface area contributed by atoms with Crippen LogP contribution in [0.4, 0.5) is 0 Å². The van der Waals surface area contributed by atoms with E-state index in [4.69, 9.17) is 4.74 Å². The van der Waals surface area contributed by atoms with Gasteiger partial charge in [-0.15, -0.1) is 11.3 Å². The van der Waals surface area contributed by atoms with Gasteiger partial charge >= 0.3 is 0 Å². The second-order valence-electron chi connectivity index (χ2n) is 5.95. The fourth-order valence-electron chi connectivity index (χ4n) is 3.17. The van der Waals surface area contributed by atoms with Crippen molar-refractivity contribution in [2.24, 2.45) is 5.92 Å². The fourth-order valence-corrected chi connectivity index (χ4v) is 4.03. The number of hydrogen-bond acceptors (Lipinski definition) is 4. The summed E-state index contributed by atoms with van der Waals surface area (Å²) in [6.45, 7) is 4.12. The standard InChI is InChI=1S/C17H24N2O2S/c20-17(12-14-4-1-2-5-14)18-13-15(16-6-3-11-22-16)19-7-9-21-10-8-19/h1,3-4,6,11,14-15H,2,5,7-10,12-13H2,(H,18,20)/t14-,15-/m0/s1. The Morgan fingerprint density at radius 2 is 2.32 bits per heavy atom. The molecule has 1 aromatic rings. The maximum Gasteiger partial charge on any atom is 0.220 e. The molecule has 4 nitrogen and oxygen atoms in total.